The van der Waals surface area contributed by atoms with Crippen molar-refractivity contribution >= 4 is 57.7 Å². The third-order valence-corrected chi connectivity index (χ3v) is 8.87. The number of nitrogen functional groups attached to an aromatic ring is 1. The van der Waals surface area contributed by atoms with E-state index >= 15 is 0 Å². The number of fused-ring (bicyclic) bond motifs is 2. The van der Waals surface area contributed by atoms with Crippen molar-refractivity contribution in [2.24, 2.45) is 5.16 Å². The molecule has 5 rings (SSSR count). The number of hydrogen-bond donors (Lipinski definition) is 5. The van der Waals surface area contributed by atoms with Crippen molar-refractivity contribution in [2.45, 2.75) is 37.4 Å². The number of carbonyl (C=O) groups is 4. The van der Waals surface area contributed by atoms with E-state index in [1.165, 1.54) is 43.1 Å². The number of nitrogens with two attached hydrogens (primary N) is 1. The van der Waals surface area contributed by atoms with Crippen LogP contribution in [0.2, 0.25) is 0 Å². The third-order valence-electron chi connectivity index (χ3n) is 6.90. The lowest BCUT2D eigenvalue weighted by molar-refractivity contribution is -0.161. The quantitative estimate of drug-likeness (QED) is 0.118. The fraction of sp³-hybridized carbons (Fsp3) is 0.250. The van der Waals surface area contributed by atoms with Gasteiger partial charge in [-0.3, -0.25) is 19.3 Å². The predicted octanol–water partition coefficient (Wildman–Crippen LogP) is 1.28. The number of carboxylic acids is 2. The van der Waals surface area contributed by atoms with Crippen molar-refractivity contribution in [1.29, 1.82) is 0 Å². The lowest BCUT2D eigenvalue weighted by Crippen LogP contribution is -2.71. The number of amides is 2. The highest BCUT2D eigenvalue weighted by Gasteiger charge is 2.54. The molecule has 0 saturated carbocycles. The zero-order valence-electron chi connectivity index (χ0n) is 23.7. The average Bonchev–Trinajstić information content (AvgIpc) is 3.41. The molecule has 4 heterocycles. The van der Waals surface area contributed by atoms with Crippen LogP contribution in [0.15, 0.2) is 69.3 Å². The van der Waals surface area contributed by atoms with Gasteiger partial charge in [0.15, 0.2) is 16.6 Å². The Hall–Kier alpha value is -5.16. The number of nitrogens with zero attached hydrogens (tertiary/aromatic N) is 4. The summed E-state index contributed by atoms with van der Waals surface area (Å²) in [7, 11) is 0. The van der Waals surface area contributed by atoms with Gasteiger partial charge in [0.05, 0.1) is 0 Å². The maximum Gasteiger partial charge on any atom is 0.352 e. The Bertz CT molecular complexity index is 1840. The number of β-lactam (4-membered cyclic amide) rings is 1. The summed E-state index contributed by atoms with van der Waals surface area (Å²) < 4.78 is 1.78. The van der Waals surface area contributed by atoms with Crippen molar-refractivity contribution in [1.82, 2.24) is 19.8 Å². The van der Waals surface area contributed by atoms with Gasteiger partial charge in [-0.25, -0.2) is 14.6 Å². The van der Waals surface area contributed by atoms with Crippen LogP contribution in [0, 0.1) is 0 Å². The summed E-state index contributed by atoms with van der Waals surface area (Å²) in [4.78, 5) is 72.0. The van der Waals surface area contributed by atoms with Crippen molar-refractivity contribution in [2.75, 3.05) is 11.5 Å². The van der Waals surface area contributed by atoms with Crippen molar-refractivity contribution < 1.29 is 39.3 Å². The van der Waals surface area contributed by atoms with E-state index < -0.39 is 51.9 Å². The molecule has 2 amide bonds. The molecule has 3 aliphatic heterocycles. The zero-order chi connectivity index (χ0) is 32.6. The number of nitrogens with one attached hydrogen (secondary N) is 1. The van der Waals surface area contributed by atoms with Crippen LogP contribution in [-0.4, -0.2) is 82.0 Å². The zero-order valence-corrected chi connectivity index (χ0v) is 25.3. The Morgan fingerprint density at radius 2 is 2.00 bits per heavy atom. The van der Waals surface area contributed by atoms with Crippen LogP contribution < -0.4 is 16.5 Å². The number of thiazole rings is 1. The number of aromatic nitrogens is 2. The molecule has 1 aromatic rings. The molecule has 45 heavy (non-hydrogen) atoms. The van der Waals surface area contributed by atoms with Gasteiger partial charge in [0.25, 0.3) is 11.8 Å². The van der Waals surface area contributed by atoms with Crippen LogP contribution >= 0.6 is 23.1 Å². The first-order valence-corrected chi connectivity index (χ1v) is 15.1. The Morgan fingerprint density at radius 1 is 1.24 bits per heavy atom. The summed E-state index contributed by atoms with van der Waals surface area (Å²) in [5, 5.41) is 36.1. The summed E-state index contributed by atoms with van der Waals surface area (Å²) >= 11 is 2.26. The molecule has 1 aliphatic carbocycles. The van der Waals surface area contributed by atoms with Crippen molar-refractivity contribution in [3.05, 3.63) is 75.3 Å². The lowest BCUT2D eigenvalue weighted by atomic mass is 10.0. The highest BCUT2D eigenvalue weighted by atomic mass is 32.2. The summed E-state index contributed by atoms with van der Waals surface area (Å²) in [5.74, 6) is -4.33. The van der Waals surface area contributed by atoms with Crippen LogP contribution in [0.4, 0.5) is 5.13 Å². The van der Waals surface area contributed by atoms with E-state index in [2.05, 4.69) is 15.5 Å². The summed E-state index contributed by atoms with van der Waals surface area (Å²) in [6.45, 7) is 2.80. The monoisotopic (exact) mass is 654 g/mol. The van der Waals surface area contributed by atoms with Crippen LogP contribution in [0.5, 0.6) is 5.75 Å². The lowest BCUT2D eigenvalue weighted by Gasteiger charge is -2.49. The van der Waals surface area contributed by atoms with Crippen LogP contribution in [0.3, 0.4) is 0 Å². The van der Waals surface area contributed by atoms with Gasteiger partial charge >= 0.3 is 11.9 Å². The molecule has 0 aromatic carbocycles. The first-order valence-electron chi connectivity index (χ1n) is 13.2. The highest BCUT2D eigenvalue weighted by molar-refractivity contribution is 8.00. The maximum atomic E-state index is 13.2. The number of carboxylic acid groups (broad SMARTS) is 2. The highest BCUT2D eigenvalue weighted by Crippen LogP contribution is 2.40. The van der Waals surface area contributed by atoms with Crippen LogP contribution in [0.25, 0.3) is 11.1 Å². The molecule has 234 valence electrons. The minimum atomic E-state index is -1.78. The number of anilines is 1. The topological polar surface area (TPSA) is 227 Å². The number of phenols is 1. The molecule has 0 spiro atoms. The standard InChI is InChI=1S/C28H26N6O9S2/c1-28(2,26(41)42)43-32-19(16-12-45-27(29)30-16)22(37)31-20-23(38)34-21(25(39)40)14(11-44-24(20)34)4-3-6-33-7-5-13-8-17(35)18(36)9-15(13)10-33/h3-5,7-10,12,20,24,36H,6,11H2,1-2H3,(H2,29,30)(H,31,37)(H,39,40)(H,41,42)/b4-3+,32-19-/t20?,24-/m0/s1. The van der Waals surface area contributed by atoms with E-state index in [4.69, 9.17) is 10.6 Å². The third kappa shape index (κ3) is 6.25. The molecule has 1 unspecified atom stereocenters. The summed E-state index contributed by atoms with van der Waals surface area (Å²) in [5.41, 5.74) is 4.51. The number of hydrogen-bond acceptors (Lipinski definition) is 12. The van der Waals surface area contributed by atoms with Gasteiger partial charge in [-0.15, -0.1) is 23.1 Å². The normalized spacial score (nSPS) is 18.6. The fourth-order valence-electron chi connectivity index (χ4n) is 4.46. The molecule has 0 bridgehead atoms. The van der Waals surface area contributed by atoms with Gasteiger partial charge in [-0.05, 0) is 43.2 Å². The second-order valence-corrected chi connectivity index (χ2v) is 12.4. The number of allylic oxidation sites excluding steroid dienone is 2. The second-order valence-electron chi connectivity index (χ2n) is 10.5. The minimum Gasteiger partial charge on any atom is -0.504 e. The summed E-state index contributed by atoms with van der Waals surface area (Å²) in [6.07, 6.45) is 6.80. The number of pyridine rings is 1. The predicted molar refractivity (Wildman–Crippen MR) is 164 cm³/mol. The number of rotatable bonds is 10. The van der Waals surface area contributed by atoms with Crippen molar-refractivity contribution in [3.8, 4) is 16.9 Å². The van der Waals surface area contributed by atoms with Gasteiger partial charge in [0, 0.05) is 35.6 Å². The van der Waals surface area contributed by atoms with E-state index in [-0.39, 0.29) is 28.0 Å². The molecule has 4 aliphatic rings. The summed E-state index contributed by atoms with van der Waals surface area (Å²) in [6, 6.07) is 3.33. The molecular weight excluding hydrogens is 628 g/mol. The van der Waals surface area contributed by atoms with E-state index in [0.29, 0.717) is 23.2 Å². The smallest absolute Gasteiger partial charge is 0.352 e. The Labute approximate surface area is 262 Å². The van der Waals surface area contributed by atoms with Gasteiger partial charge in [-0.1, -0.05) is 17.3 Å². The number of oxime groups is 1. The molecular formula is C28H26N6O9S2. The van der Waals surface area contributed by atoms with Gasteiger partial charge in [0.2, 0.25) is 11.0 Å². The molecule has 15 nitrogen and oxygen atoms in total. The number of aliphatic carboxylic acids is 2. The molecule has 6 N–H and O–H groups in total. The number of thioether (sulfide) groups is 1. The van der Waals surface area contributed by atoms with Crippen LogP contribution in [0.1, 0.15) is 19.5 Å². The Morgan fingerprint density at radius 3 is 2.67 bits per heavy atom. The molecule has 17 heteroatoms. The second kappa shape index (κ2) is 12.1. The Kier molecular flexibility index (Phi) is 8.40. The Balaban J connectivity index is 1.32. The fourth-order valence-corrected chi connectivity index (χ4v) is 6.33. The van der Waals surface area contributed by atoms with E-state index in [1.807, 2.05) is 0 Å². The van der Waals surface area contributed by atoms with Gasteiger partial charge < -0.3 is 35.8 Å². The number of aromatic hydroxyl groups is 1. The van der Waals surface area contributed by atoms with E-state index in [1.54, 1.807) is 35.2 Å². The first-order chi connectivity index (χ1) is 21.3. The van der Waals surface area contributed by atoms with Crippen LogP contribution in [-0.2, 0) is 30.6 Å². The number of carbonyl (C=O) groups excluding carboxylic acids is 2. The van der Waals surface area contributed by atoms with E-state index in [0.717, 1.165) is 16.2 Å². The van der Waals surface area contributed by atoms with Gasteiger partial charge in [0.1, 0.15) is 22.8 Å². The minimum absolute atomic E-state index is 0.00546. The average molecular weight is 655 g/mol. The van der Waals surface area contributed by atoms with Gasteiger partial charge in [-0.2, -0.15) is 0 Å². The van der Waals surface area contributed by atoms with Crippen molar-refractivity contribution in [3.63, 3.8) is 0 Å². The molecule has 2 atom stereocenters. The molecule has 1 fully saturated rings. The molecule has 0 radical (unpaired) electrons. The first kappa shape index (κ1) is 31.3. The maximum absolute atomic E-state index is 13.2. The van der Waals surface area contributed by atoms with E-state index in [9.17, 15) is 39.3 Å². The molecule has 1 aromatic heterocycles. The number of benzene rings is 1. The SMILES string of the molecule is CC(C)(O/N=C(\C(=O)NC1C(=O)N2C(C(=O)O)=C(/C=C/Cn3ccc4cc(=O)c(O)cc-4c3)CS[C@@H]12)c1csc(N)n1)C(=O)O. The largest absolute Gasteiger partial charge is 0.504 e. The number of phenolic OH excluding ortho intramolecular Hbond substituents is 1. The molecule has 1 saturated heterocycles.